The Kier molecular flexibility index (Phi) is 3.33. The van der Waals surface area contributed by atoms with Crippen molar-refractivity contribution in [2.45, 2.75) is 26.4 Å². The highest BCUT2D eigenvalue weighted by molar-refractivity contribution is 7.18. The highest BCUT2D eigenvalue weighted by atomic mass is 32.1. The van der Waals surface area contributed by atoms with Gasteiger partial charge < -0.3 is 15.8 Å². The van der Waals surface area contributed by atoms with Gasteiger partial charge in [0.1, 0.15) is 0 Å². The number of nitrogens with two attached hydrogens (primary N) is 1. The van der Waals surface area contributed by atoms with Gasteiger partial charge in [0.2, 0.25) is 0 Å². The predicted molar refractivity (Wildman–Crippen MR) is 80.8 cm³/mol. The Morgan fingerprint density at radius 1 is 1.53 bits per heavy atom. The second-order valence-electron chi connectivity index (χ2n) is 5.15. The summed E-state index contributed by atoms with van der Waals surface area (Å²) in [6.45, 7) is 5.93. The average Bonchev–Trinajstić information content (AvgIpc) is 2.91. The molecule has 1 aliphatic heterocycles. The molecule has 1 aromatic carbocycles. The van der Waals surface area contributed by atoms with Crippen molar-refractivity contribution in [3.63, 3.8) is 0 Å². The van der Waals surface area contributed by atoms with Crippen LogP contribution in [-0.4, -0.2) is 24.2 Å². The van der Waals surface area contributed by atoms with E-state index in [9.17, 15) is 0 Å². The molecule has 1 fully saturated rings. The van der Waals surface area contributed by atoms with Crippen LogP contribution in [0.3, 0.4) is 0 Å². The number of ether oxygens (including phenoxy) is 1. The lowest BCUT2D eigenvalue weighted by molar-refractivity contribution is 0.108. The van der Waals surface area contributed by atoms with Crippen molar-refractivity contribution >= 4 is 32.9 Å². The fourth-order valence-electron chi connectivity index (χ4n) is 2.54. The summed E-state index contributed by atoms with van der Waals surface area (Å²) < 4.78 is 6.73. The van der Waals surface area contributed by atoms with Gasteiger partial charge in [0, 0.05) is 19.1 Å². The molecule has 2 heterocycles. The van der Waals surface area contributed by atoms with Gasteiger partial charge in [-0.3, -0.25) is 0 Å². The number of hydrogen-bond donors (Lipinski definition) is 2. The van der Waals surface area contributed by atoms with Crippen LogP contribution in [0.25, 0.3) is 10.2 Å². The number of anilines is 2. The largest absolute Gasteiger partial charge is 0.397 e. The van der Waals surface area contributed by atoms with Crippen molar-refractivity contribution in [2.24, 2.45) is 5.92 Å². The lowest BCUT2D eigenvalue weighted by Gasteiger charge is -2.16. The first kappa shape index (κ1) is 12.7. The van der Waals surface area contributed by atoms with Gasteiger partial charge in [-0.15, -0.1) is 11.3 Å². The minimum Gasteiger partial charge on any atom is -0.397 e. The normalized spacial score (nSPS) is 23.1. The fraction of sp³-hybridized carbons (Fsp3) is 0.500. The first-order chi connectivity index (χ1) is 9.13. The number of benzene rings is 1. The molecule has 19 heavy (non-hydrogen) atoms. The van der Waals surface area contributed by atoms with E-state index in [1.165, 1.54) is 0 Å². The second kappa shape index (κ2) is 4.98. The first-order valence-corrected chi connectivity index (χ1v) is 7.47. The van der Waals surface area contributed by atoms with Crippen molar-refractivity contribution in [1.29, 1.82) is 0 Å². The summed E-state index contributed by atoms with van der Waals surface area (Å²) in [4.78, 5) is 4.51. The highest BCUT2D eigenvalue weighted by Crippen LogP contribution is 2.30. The molecule has 0 amide bonds. The number of nitrogen functional groups attached to an aromatic ring is 1. The lowest BCUT2D eigenvalue weighted by Crippen LogP contribution is -2.21. The summed E-state index contributed by atoms with van der Waals surface area (Å²) in [5.74, 6) is 0.562. The maximum Gasteiger partial charge on any atom is 0.0907 e. The maximum atomic E-state index is 6.10. The number of thiazole rings is 1. The number of fused-ring (bicyclic) bond motifs is 1. The molecule has 3 rings (SSSR count). The number of aryl methyl sites for hydroxylation is 1. The lowest BCUT2D eigenvalue weighted by atomic mass is 10.0. The zero-order valence-electron chi connectivity index (χ0n) is 11.3. The van der Waals surface area contributed by atoms with Crippen LogP contribution in [-0.2, 0) is 4.74 Å². The van der Waals surface area contributed by atoms with Gasteiger partial charge >= 0.3 is 0 Å². The van der Waals surface area contributed by atoms with Crippen LogP contribution in [0.2, 0.25) is 0 Å². The van der Waals surface area contributed by atoms with Crippen LogP contribution in [0.1, 0.15) is 18.4 Å². The van der Waals surface area contributed by atoms with Gasteiger partial charge in [-0.05, 0) is 32.4 Å². The van der Waals surface area contributed by atoms with Gasteiger partial charge in [0.25, 0.3) is 0 Å². The molecule has 2 unspecified atom stereocenters. The van der Waals surface area contributed by atoms with Gasteiger partial charge in [-0.1, -0.05) is 0 Å². The Labute approximate surface area is 117 Å². The topological polar surface area (TPSA) is 60.2 Å². The summed E-state index contributed by atoms with van der Waals surface area (Å²) in [5, 5.41) is 4.52. The Balaban J connectivity index is 1.78. The third-order valence-corrected chi connectivity index (χ3v) is 4.69. The summed E-state index contributed by atoms with van der Waals surface area (Å²) in [6.07, 6.45) is 1.45. The molecule has 1 aliphatic rings. The molecule has 4 nitrogen and oxygen atoms in total. The van der Waals surface area contributed by atoms with E-state index in [0.29, 0.717) is 12.0 Å². The van der Waals surface area contributed by atoms with E-state index < -0.39 is 0 Å². The Bertz CT molecular complexity index is 596. The summed E-state index contributed by atoms with van der Waals surface area (Å²) >= 11 is 1.68. The van der Waals surface area contributed by atoms with E-state index in [0.717, 1.165) is 46.2 Å². The van der Waals surface area contributed by atoms with Crippen LogP contribution < -0.4 is 11.1 Å². The molecule has 0 spiro atoms. The van der Waals surface area contributed by atoms with Crippen LogP contribution in [0.4, 0.5) is 11.4 Å². The summed E-state index contributed by atoms with van der Waals surface area (Å²) in [5.41, 5.74) is 8.90. The van der Waals surface area contributed by atoms with Crippen LogP contribution in [0, 0.1) is 12.8 Å². The van der Waals surface area contributed by atoms with Crippen molar-refractivity contribution in [3.05, 3.63) is 17.1 Å². The second-order valence-corrected chi connectivity index (χ2v) is 6.38. The quantitative estimate of drug-likeness (QED) is 0.847. The summed E-state index contributed by atoms with van der Waals surface area (Å²) in [6, 6.07) is 4.06. The molecular weight excluding hydrogens is 258 g/mol. The van der Waals surface area contributed by atoms with Gasteiger partial charge in [0.15, 0.2) is 0 Å². The van der Waals surface area contributed by atoms with E-state index in [1.807, 2.05) is 13.0 Å². The predicted octanol–water partition coefficient (Wildman–Crippen LogP) is 3.02. The fourth-order valence-corrected chi connectivity index (χ4v) is 3.40. The molecule has 1 aromatic heterocycles. The molecule has 2 aromatic rings. The van der Waals surface area contributed by atoms with Crippen molar-refractivity contribution in [3.8, 4) is 0 Å². The monoisotopic (exact) mass is 277 g/mol. The maximum absolute atomic E-state index is 6.10. The number of aromatic nitrogens is 1. The van der Waals surface area contributed by atoms with E-state index >= 15 is 0 Å². The molecule has 1 saturated heterocycles. The zero-order chi connectivity index (χ0) is 13.4. The minimum atomic E-state index is 0.332. The van der Waals surface area contributed by atoms with Gasteiger partial charge in [-0.2, -0.15) is 0 Å². The van der Waals surface area contributed by atoms with Crippen LogP contribution in [0.15, 0.2) is 12.1 Å². The number of rotatable bonds is 3. The van der Waals surface area contributed by atoms with Crippen molar-refractivity contribution < 1.29 is 4.74 Å². The zero-order valence-corrected chi connectivity index (χ0v) is 12.1. The smallest absolute Gasteiger partial charge is 0.0907 e. The van der Waals surface area contributed by atoms with Crippen LogP contribution >= 0.6 is 11.3 Å². The molecule has 5 heteroatoms. The van der Waals surface area contributed by atoms with Crippen LogP contribution in [0.5, 0.6) is 0 Å². The standard InChI is InChI=1S/C14H19N3OS/c1-8-10(3-4-18-8)7-16-12-6-13-14(5-11(12)15)19-9(2)17-13/h5-6,8,10,16H,3-4,7,15H2,1-2H3. The molecule has 0 radical (unpaired) electrons. The molecule has 0 bridgehead atoms. The molecular formula is C14H19N3OS. The van der Waals surface area contributed by atoms with E-state index in [4.69, 9.17) is 10.5 Å². The van der Waals surface area contributed by atoms with Gasteiger partial charge in [0.05, 0.1) is 32.7 Å². The van der Waals surface area contributed by atoms with Crippen molar-refractivity contribution in [1.82, 2.24) is 4.98 Å². The number of nitrogens with one attached hydrogen (secondary N) is 1. The third-order valence-electron chi connectivity index (χ3n) is 3.75. The molecule has 3 N–H and O–H groups in total. The number of hydrogen-bond acceptors (Lipinski definition) is 5. The van der Waals surface area contributed by atoms with Gasteiger partial charge in [-0.25, -0.2) is 4.98 Å². The SMILES string of the molecule is Cc1nc2cc(NCC3CCOC3C)c(N)cc2s1. The Hall–Kier alpha value is -1.33. The molecule has 0 aliphatic carbocycles. The number of nitrogens with zero attached hydrogens (tertiary/aromatic N) is 1. The minimum absolute atomic E-state index is 0.332. The van der Waals surface area contributed by atoms with Crippen molar-refractivity contribution in [2.75, 3.05) is 24.2 Å². The van der Waals surface area contributed by atoms with E-state index in [1.54, 1.807) is 11.3 Å². The summed E-state index contributed by atoms with van der Waals surface area (Å²) in [7, 11) is 0. The first-order valence-electron chi connectivity index (χ1n) is 6.65. The highest BCUT2D eigenvalue weighted by Gasteiger charge is 2.23. The third kappa shape index (κ3) is 2.53. The molecule has 102 valence electrons. The molecule has 0 saturated carbocycles. The van der Waals surface area contributed by atoms with E-state index in [-0.39, 0.29) is 0 Å². The Morgan fingerprint density at radius 2 is 2.37 bits per heavy atom. The molecule has 2 atom stereocenters. The average molecular weight is 277 g/mol. The Morgan fingerprint density at radius 3 is 3.11 bits per heavy atom. The van der Waals surface area contributed by atoms with E-state index in [2.05, 4.69) is 23.3 Å².